The number of carbonyl (C=O) groups excluding carboxylic acids is 2. The van der Waals surface area contributed by atoms with Gasteiger partial charge in [0.2, 0.25) is 0 Å². The molecule has 1 aliphatic heterocycles. The van der Waals surface area contributed by atoms with E-state index in [9.17, 15) is 9.59 Å². The van der Waals surface area contributed by atoms with E-state index >= 15 is 0 Å². The lowest BCUT2D eigenvalue weighted by molar-refractivity contribution is 0.0985. The van der Waals surface area contributed by atoms with Crippen LogP contribution in [-0.2, 0) is 6.54 Å². The minimum Gasteiger partial charge on any atom is -0.302 e. The van der Waals surface area contributed by atoms with Crippen LogP contribution < -0.4 is 4.90 Å². The van der Waals surface area contributed by atoms with Crippen molar-refractivity contribution in [2.24, 2.45) is 0 Å². The van der Waals surface area contributed by atoms with Gasteiger partial charge in [0.15, 0.2) is 5.78 Å². The molecule has 0 radical (unpaired) electrons. The molecule has 2 heterocycles. The van der Waals surface area contributed by atoms with Gasteiger partial charge in [-0.1, -0.05) is 17.3 Å². The molecule has 24 heavy (non-hydrogen) atoms. The zero-order chi connectivity index (χ0) is 16.7. The van der Waals surface area contributed by atoms with E-state index < -0.39 is 0 Å². The molecule has 3 aromatic rings. The molecule has 0 spiro atoms. The van der Waals surface area contributed by atoms with Gasteiger partial charge in [-0.05, 0) is 43.3 Å². The molecule has 118 valence electrons. The number of carbonyl (C=O) groups is 2. The quantitative estimate of drug-likeness (QED) is 0.681. The molecule has 1 aliphatic rings. The van der Waals surface area contributed by atoms with Gasteiger partial charge >= 0.3 is 0 Å². The average Bonchev–Trinajstić information content (AvgIpc) is 3.03. The van der Waals surface area contributed by atoms with Crippen LogP contribution in [0.15, 0.2) is 54.7 Å². The van der Waals surface area contributed by atoms with Crippen LogP contribution in [0.1, 0.15) is 33.3 Å². The number of hydrogen-bond acceptors (Lipinski definition) is 4. The molecule has 1 aromatic heterocycles. The van der Waals surface area contributed by atoms with Gasteiger partial charge in [-0.2, -0.15) is 0 Å². The van der Waals surface area contributed by atoms with Crippen molar-refractivity contribution in [1.29, 1.82) is 0 Å². The summed E-state index contributed by atoms with van der Waals surface area (Å²) in [7, 11) is 0. The largest absolute Gasteiger partial charge is 0.302 e. The number of aromatic nitrogens is 3. The van der Waals surface area contributed by atoms with Crippen molar-refractivity contribution in [3.05, 3.63) is 71.5 Å². The maximum Gasteiger partial charge on any atom is 0.260 e. The van der Waals surface area contributed by atoms with Crippen molar-refractivity contribution < 1.29 is 9.59 Å². The van der Waals surface area contributed by atoms with Gasteiger partial charge in [0, 0.05) is 11.3 Å². The fourth-order valence-corrected chi connectivity index (χ4v) is 2.87. The summed E-state index contributed by atoms with van der Waals surface area (Å²) in [6, 6.07) is 14.4. The lowest BCUT2D eigenvalue weighted by Gasteiger charge is -2.20. The molecular formula is C18H14N4O2. The first kappa shape index (κ1) is 14.3. The predicted octanol–water partition coefficient (Wildman–Crippen LogP) is 2.63. The van der Waals surface area contributed by atoms with Crippen molar-refractivity contribution in [2.45, 2.75) is 13.5 Å². The first-order valence-corrected chi connectivity index (χ1v) is 7.57. The number of ketones is 1. The second-order valence-corrected chi connectivity index (χ2v) is 5.65. The third kappa shape index (κ3) is 2.20. The lowest BCUT2D eigenvalue weighted by atomic mass is 10.1. The van der Waals surface area contributed by atoms with Crippen LogP contribution in [0.4, 0.5) is 5.69 Å². The van der Waals surface area contributed by atoms with E-state index in [0.29, 0.717) is 17.7 Å². The van der Waals surface area contributed by atoms with E-state index in [1.165, 1.54) is 6.92 Å². The number of fused-ring (bicyclic) bond motifs is 3. The monoisotopic (exact) mass is 318 g/mol. The summed E-state index contributed by atoms with van der Waals surface area (Å²) >= 11 is 0. The summed E-state index contributed by atoms with van der Waals surface area (Å²) in [6.45, 7) is 1.88. The summed E-state index contributed by atoms with van der Waals surface area (Å²) in [5.74, 6) is -0.108. The number of nitrogens with zero attached hydrogens (tertiary/aromatic N) is 4. The maximum atomic E-state index is 13.0. The molecule has 0 bridgehead atoms. The second-order valence-electron chi connectivity index (χ2n) is 5.65. The van der Waals surface area contributed by atoms with E-state index in [1.54, 1.807) is 46.1 Å². The Kier molecular flexibility index (Phi) is 3.23. The molecule has 0 unspecified atom stereocenters. The van der Waals surface area contributed by atoms with E-state index in [0.717, 1.165) is 17.1 Å². The van der Waals surface area contributed by atoms with Crippen LogP contribution in [0, 0.1) is 0 Å². The highest BCUT2D eigenvalue weighted by Crippen LogP contribution is 2.27. The molecule has 0 saturated heterocycles. The summed E-state index contributed by atoms with van der Waals surface area (Å²) in [5, 5.41) is 8.07. The third-order valence-electron chi connectivity index (χ3n) is 4.13. The highest BCUT2D eigenvalue weighted by molar-refractivity contribution is 6.09. The minimum absolute atomic E-state index is 0.00337. The smallest absolute Gasteiger partial charge is 0.260 e. The number of rotatable bonds is 2. The number of Topliss-reactive ketones (excluding diaryl/α,β-unsaturated/α-hetero) is 1. The van der Waals surface area contributed by atoms with E-state index in [-0.39, 0.29) is 11.7 Å². The molecule has 4 rings (SSSR count). The number of hydrogen-bond donors (Lipinski definition) is 0. The molecule has 6 nitrogen and oxygen atoms in total. The van der Waals surface area contributed by atoms with Crippen LogP contribution >= 0.6 is 0 Å². The van der Waals surface area contributed by atoms with E-state index in [1.807, 2.05) is 18.2 Å². The van der Waals surface area contributed by atoms with Crippen molar-refractivity contribution in [2.75, 3.05) is 4.90 Å². The zero-order valence-corrected chi connectivity index (χ0v) is 13.0. The fourth-order valence-electron chi connectivity index (χ4n) is 2.87. The minimum atomic E-state index is -0.105. The first-order chi connectivity index (χ1) is 11.6. The predicted molar refractivity (Wildman–Crippen MR) is 88.3 cm³/mol. The highest BCUT2D eigenvalue weighted by Gasteiger charge is 2.27. The first-order valence-electron chi connectivity index (χ1n) is 7.57. The van der Waals surface area contributed by atoms with Gasteiger partial charge in [-0.15, -0.1) is 5.10 Å². The van der Waals surface area contributed by atoms with Gasteiger partial charge in [0.25, 0.3) is 5.91 Å². The highest BCUT2D eigenvalue weighted by atomic mass is 16.2. The van der Waals surface area contributed by atoms with Gasteiger partial charge in [-0.3, -0.25) is 9.59 Å². The zero-order valence-electron chi connectivity index (χ0n) is 13.0. The van der Waals surface area contributed by atoms with E-state index in [2.05, 4.69) is 10.3 Å². The summed E-state index contributed by atoms with van der Waals surface area (Å²) in [4.78, 5) is 26.1. The molecule has 0 aliphatic carbocycles. The summed E-state index contributed by atoms with van der Waals surface area (Å²) in [6.07, 6.45) is 1.66. The van der Waals surface area contributed by atoms with Crippen LogP contribution in [0.5, 0.6) is 0 Å². The molecule has 0 N–H and O–H groups in total. The van der Waals surface area contributed by atoms with E-state index in [4.69, 9.17) is 0 Å². The van der Waals surface area contributed by atoms with Gasteiger partial charge in [0.1, 0.15) is 0 Å². The van der Waals surface area contributed by atoms with Crippen LogP contribution in [0.25, 0.3) is 5.69 Å². The fraction of sp³-hybridized carbons (Fsp3) is 0.111. The molecule has 0 fully saturated rings. The Labute approximate surface area is 138 Å². The van der Waals surface area contributed by atoms with Crippen LogP contribution in [-0.4, -0.2) is 26.7 Å². The summed E-state index contributed by atoms with van der Waals surface area (Å²) in [5.41, 5.74) is 3.46. The Morgan fingerprint density at radius 2 is 1.83 bits per heavy atom. The normalized spacial score (nSPS) is 13.2. The Morgan fingerprint density at radius 1 is 1.08 bits per heavy atom. The van der Waals surface area contributed by atoms with Crippen molar-refractivity contribution >= 4 is 17.4 Å². The van der Waals surface area contributed by atoms with Gasteiger partial charge in [-0.25, -0.2) is 4.68 Å². The van der Waals surface area contributed by atoms with Gasteiger partial charge in [0.05, 0.1) is 29.7 Å². The number of para-hydroxylation sites is 1. The standard InChI is InChI=1S/C18H14N4O2/c1-12(23)13-6-8-14(9-7-13)21-11-15-10-19-20-22(15)17-5-3-2-4-16(17)18(21)24/h2-10H,11H2,1H3. The number of amides is 1. The number of benzene rings is 2. The molecule has 6 heteroatoms. The molecule has 0 saturated carbocycles. The second kappa shape index (κ2) is 5.42. The maximum absolute atomic E-state index is 13.0. The number of anilines is 1. The molecule has 2 aromatic carbocycles. The van der Waals surface area contributed by atoms with Crippen molar-refractivity contribution in [3.63, 3.8) is 0 Å². The van der Waals surface area contributed by atoms with Crippen LogP contribution in [0.3, 0.4) is 0 Å². The van der Waals surface area contributed by atoms with Crippen molar-refractivity contribution in [3.8, 4) is 5.69 Å². The molecular weight excluding hydrogens is 304 g/mol. The van der Waals surface area contributed by atoms with Crippen LogP contribution in [0.2, 0.25) is 0 Å². The molecule has 0 atom stereocenters. The third-order valence-corrected chi connectivity index (χ3v) is 4.13. The SMILES string of the molecule is CC(=O)c1ccc(N2Cc3cnnn3-c3ccccc3C2=O)cc1. The van der Waals surface area contributed by atoms with Gasteiger partial charge < -0.3 is 4.90 Å². The average molecular weight is 318 g/mol. The van der Waals surface area contributed by atoms with Crippen molar-refractivity contribution in [1.82, 2.24) is 15.0 Å². The summed E-state index contributed by atoms with van der Waals surface area (Å²) < 4.78 is 1.69. The lowest BCUT2D eigenvalue weighted by Crippen LogP contribution is -2.29. The topological polar surface area (TPSA) is 68.1 Å². The Hall–Kier alpha value is -3.28. The Balaban J connectivity index is 1.83. The molecule has 1 amide bonds. The Bertz CT molecular complexity index is 944. The Morgan fingerprint density at radius 3 is 2.58 bits per heavy atom.